The fourth-order valence-electron chi connectivity index (χ4n) is 1.31. The van der Waals surface area contributed by atoms with Crippen LogP contribution in [0.25, 0.3) is 0 Å². The summed E-state index contributed by atoms with van der Waals surface area (Å²) in [6.45, 7) is 3.65. The van der Waals surface area contributed by atoms with Crippen LogP contribution in [0.5, 0.6) is 0 Å². The summed E-state index contributed by atoms with van der Waals surface area (Å²) in [6, 6.07) is 8.35. The summed E-state index contributed by atoms with van der Waals surface area (Å²) in [5.74, 6) is 0. The Kier molecular flexibility index (Phi) is 3.45. The van der Waals surface area contributed by atoms with Gasteiger partial charge in [-0.2, -0.15) is 0 Å². The predicted octanol–water partition coefficient (Wildman–Crippen LogP) is 2.81. The molecule has 14 heavy (non-hydrogen) atoms. The summed E-state index contributed by atoms with van der Waals surface area (Å²) in [6.07, 6.45) is 1.28. The van der Waals surface area contributed by atoms with E-state index in [1.807, 2.05) is 0 Å². The second kappa shape index (κ2) is 4.82. The Morgan fingerprint density at radius 3 is 2.79 bits per heavy atom. The number of ether oxygens (including phenoxy) is 1. The van der Waals surface area contributed by atoms with Crippen LogP contribution in [0.1, 0.15) is 12.0 Å². The van der Waals surface area contributed by atoms with Crippen LogP contribution >= 0.6 is 12.0 Å². The van der Waals surface area contributed by atoms with Gasteiger partial charge in [0, 0.05) is 30.0 Å². The lowest BCUT2D eigenvalue weighted by molar-refractivity contribution is 0.154. The van der Waals surface area contributed by atoms with E-state index in [0.29, 0.717) is 0 Å². The zero-order chi connectivity index (χ0) is 9.80. The molecule has 2 nitrogen and oxygen atoms in total. The van der Waals surface area contributed by atoms with Crippen molar-refractivity contribution in [1.82, 2.24) is 0 Å². The van der Waals surface area contributed by atoms with Crippen LogP contribution in [0.3, 0.4) is 0 Å². The molecule has 0 aromatic heterocycles. The molecule has 0 spiro atoms. The van der Waals surface area contributed by atoms with Crippen LogP contribution in [-0.2, 0) is 8.92 Å². The van der Waals surface area contributed by atoms with Gasteiger partial charge in [0.15, 0.2) is 0 Å². The average molecular weight is 210 g/mol. The van der Waals surface area contributed by atoms with E-state index in [4.69, 9.17) is 8.92 Å². The first kappa shape index (κ1) is 10.0. The number of rotatable bonds is 3. The number of hydrogen-bond donors (Lipinski definition) is 0. The van der Waals surface area contributed by atoms with E-state index in [1.54, 1.807) is 0 Å². The monoisotopic (exact) mass is 210 g/mol. The van der Waals surface area contributed by atoms with Crippen molar-refractivity contribution in [3.05, 3.63) is 29.8 Å². The maximum Gasteiger partial charge on any atom is 0.0981 e. The molecule has 0 aliphatic carbocycles. The van der Waals surface area contributed by atoms with Gasteiger partial charge in [0.2, 0.25) is 0 Å². The van der Waals surface area contributed by atoms with Crippen molar-refractivity contribution in [3.63, 3.8) is 0 Å². The molecule has 76 valence electrons. The number of benzene rings is 1. The van der Waals surface area contributed by atoms with Crippen molar-refractivity contribution in [3.8, 4) is 0 Å². The van der Waals surface area contributed by atoms with E-state index >= 15 is 0 Å². The first-order valence-electron chi connectivity index (χ1n) is 4.82. The van der Waals surface area contributed by atoms with E-state index in [1.165, 1.54) is 17.6 Å². The van der Waals surface area contributed by atoms with Gasteiger partial charge in [-0.05, 0) is 19.1 Å². The molecule has 1 fully saturated rings. The first-order valence-corrected chi connectivity index (χ1v) is 5.56. The van der Waals surface area contributed by atoms with Crippen LogP contribution in [-0.4, -0.2) is 19.3 Å². The molecule has 1 aliphatic heterocycles. The van der Waals surface area contributed by atoms with Crippen molar-refractivity contribution in [2.45, 2.75) is 24.3 Å². The highest BCUT2D eigenvalue weighted by atomic mass is 32.2. The topological polar surface area (TPSA) is 18.5 Å². The van der Waals surface area contributed by atoms with Crippen molar-refractivity contribution >= 4 is 12.0 Å². The molecule has 0 saturated carbocycles. The normalized spacial score (nSPS) is 21.4. The molecule has 1 aromatic carbocycles. The summed E-state index contributed by atoms with van der Waals surface area (Å²) >= 11 is 1.45. The lowest BCUT2D eigenvalue weighted by Crippen LogP contribution is -2.06. The summed E-state index contributed by atoms with van der Waals surface area (Å²) in [7, 11) is 0. The molecule has 1 aromatic rings. The quantitative estimate of drug-likeness (QED) is 0.715. The molecule has 0 bridgehead atoms. The van der Waals surface area contributed by atoms with Crippen LogP contribution in [0.4, 0.5) is 0 Å². The SMILES string of the molecule is Cc1ccc(SO[C@@H]2CCOC2)cc1. The highest BCUT2D eigenvalue weighted by molar-refractivity contribution is 7.94. The predicted molar refractivity (Wildman–Crippen MR) is 57.3 cm³/mol. The van der Waals surface area contributed by atoms with E-state index in [0.717, 1.165) is 24.5 Å². The molecule has 2 rings (SSSR count). The second-order valence-corrected chi connectivity index (χ2v) is 4.31. The lowest BCUT2D eigenvalue weighted by atomic mass is 10.2. The standard InChI is InChI=1S/C11H14O2S/c1-9-2-4-11(5-3-9)14-13-10-6-7-12-8-10/h2-5,10H,6-8H2,1H3/t10-/m1/s1. The molecule has 0 N–H and O–H groups in total. The summed E-state index contributed by atoms with van der Waals surface area (Å²) in [5.41, 5.74) is 1.28. The minimum absolute atomic E-state index is 0.265. The third-order valence-electron chi connectivity index (χ3n) is 2.19. The summed E-state index contributed by atoms with van der Waals surface area (Å²) < 4.78 is 10.8. The van der Waals surface area contributed by atoms with Crippen LogP contribution in [0.2, 0.25) is 0 Å². The van der Waals surface area contributed by atoms with E-state index in [-0.39, 0.29) is 6.10 Å². The maximum absolute atomic E-state index is 5.62. The van der Waals surface area contributed by atoms with Crippen LogP contribution < -0.4 is 0 Å². The van der Waals surface area contributed by atoms with Crippen LogP contribution in [0.15, 0.2) is 29.2 Å². The Morgan fingerprint density at radius 1 is 1.36 bits per heavy atom. The van der Waals surface area contributed by atoms with E-state index in [9.17, 15) is 0 Å². The lowest BCUT2D eigenvalue weighted by Gasteiger charge is -2.07. The van der Waals surface area contributed by atoms with Gasteiger partial charge in [-0.3, -0.25) is 0 Å². The van der Waals surface area contributed by atoms with Gasteiger partial charge >= 0.3 is 0 Å². The smallest absolute Gasteiger partial charge is 0.0981 e. The Morgan fingerprint density at radius 2 is 2.14 bits per heavy atom. The highest BCUT2D eigenvalue weighted by Gasteiger charge is 2.16. The molecule has 0 unspecified atom stereocenters. The molecule has 0 radical (unpaired) electrons. The third kappa shape index (κ3) is 2.74. The Bertz CT molecular complexity index is 278. The Labute approximate surface area is 88.8 Å². The van der Waals surface area contributed by atoms with Crippen molar-refractivity contribution in [2.75, 3.05) is 13.2 Å². The van der Waals surface area contributed by atoms with Gasteiger partial charge in [0.25, 0.3) is 0 Å². The molecular weight excluding hydrogens is 196 g/mol. The minimum Gasteiger partial charge on any atom is -0.379 e. The number of hydrogen-bond acceptors (Lipinski definition) is 3. The second-order valence-electron chi connectivity index (χ2n) is 3.48. The van der Waals surface area contributed by atoms with E-state index < -0.39 is 0 Å². The van der Waals surface area contributed by atoms with Crippen molar-refractivity contribution < 1.29 is 8.92 Å². The average Bonchev–Trinajstić information content (AvgIpc) is 2.70. The molecule has 0 amide bonds. The molecular formula is C11H14O2S. The molecule has 1 atom stereocenters. The van der Waals surface area contributed by atoms with Gasteiger partial charge in [-0.15, -0.1) is 0 Å². The fourth-order valence-corrected chi connectivity index (χ4v) is 1.95. The zero-order valence-corrected chi connectivity index (χ0v) is 9.05. The van der Waals surface area contributed by atoms with Gasteiger partial charge < -0.3 is 8.92 Å². The minimum atomic E-state index is 0.265. The molecule has 1 saturated heterocycles. The van der Waals surface area contributed by atoms with E-state index in [2.05, 4.69) is 31.2 Å². The summed E-state index contributed by atoms with van der Waals surface area (Å²) in [5, 5.41) is 0. The highest BCUT2D eigenvalue weighted by Crippen LogP contribution is 2.23. The maximum atomic E-state index is 5.62. The summed E-state index contributed by atoms with van der Waals surface area (Å²) in [4.78, 5) is 1.16. The van der Waals surface area contributed by atoms with Gasteiger partial charge in [-0.1, -0.05) is 17.7 Å². The molecule has 1 aliphatic rings. The van der Waals surface area contributed by atoms with Crippen molar-refractivity contribution in [2.24, 2.45) is 0 Å². The van der Waals surface area contributed by atoms with Gasteiger partial charge in [-0.25, -0.2) is 0 Å². The largest absolute Gasteiger partial charge is 0.379 e. The molecule has 3 heteroatoms. The fraction of sp³-hybridized carbons (Fsp3) is 0.455. The Hall–Kier alpha value is -0.510. The van der Waals surface area contributed by atoms with Gasteiger partial charge in [0.05, 0.1) is 12.7 Å². The van der Waals surface area contributed by atoms with Crippen molar-refractivity contribution in [1.29, 1.82) is 0 Å². The van der Waals surface area contributed by atoms with Crippen LogP contribution in [0, 0.1) is 6.92 Å². The zero-order valence-electron chi connectivity index (χ0n) is 8.23. The van der Waals surface area contributed by atoms with Gasteiger partial charge in [0.1, 0.15) is 0 Å². The third-order valence-corrected chi connectivity index (χ3v) is 3.02. The molecule has 1 heterocycles. The number of aryl methyl sites for hydroxylation is 1. The Balaban J connectivity index is 1.82. The first-order chi connectivity index (χ1) is 6.84.